The molecule has 3 heterocycles. The van der Waals surface area contributed by atoms with Gasteiger partial charge in [0.15, 0.2) is 16.6 Å². The van der Waals surface area contributed by atoms with Gasteiger partial charge in [-0.3, -0.25) is 14.5 Å². The Morgan fingerprint density at radius 2 is 1.71 bits per heavy atom. The fourth-order valence-electron chi connectivity index (χ4n) is 5.01. The van der Waals surface area contributed by atoms with E-state index >= 15 is 0 Å². The first-order valence-electron chi connectivity index (χ1n) is 15.7. The van der Waals surface area contributed by atoms with E-state index < -0.39 is 0 Å². The number of carbonyl (C=O) groups is 2. The zero-order chi connectivity index (χ0) is 34.8. The minimum absolute atomic E-state index is 0.253. The average Bonchev–Trinajstić information content (AvgIpc) is 3.55. The largest absolute Gasteiger partial charge is 0.504 e. The molecule has 16 heteroatoms. The molecular weight excluding hydrogens is 672 g/mol. The van der Waals surface area contributed by atoms with Crippen LogP contribution in [0.5, 0.6) is 11.5 Å². The highest BCUT2D eigenvalue weighted by molar-refractivity contribution is 7.17. The molecule has 0 spiro atoms. The Morgan fingerprint density at radius 3 is 2.47 bits per heavy atom. The molecule has 5 N–H and O–H groups in total. The van der Waals surface area contributed by atoms with Crippen LogP contribution in [-0.4, -0.2) is 108 Å². The van der Waals surface area contributed by atoms with Crippen molar-refractivity contribution in [1.29, 1.82) is 0 Å². The summed E-state index contributed by atoms with van der Waals surface area (Å²) in [6.07, 6.45) is 1.52. The summed E-state index contributed by atoms with van der Waals surface area (Å²) >= 11 is 7.49. The number of phenols is 2. The molecular formula is C33H39ClN8O6S. The van der Waals surface area contributed by atoms with Crippen LogP contribution < -0.4 is 20.9 Å². The number of aromatic hydroxyl groups is 2. The number of carbonyl (C=O) groups excluding carboxylic acids is 2. The normalized spacial score (nSPS) is 13.3. The molecule has 0 unspecified atom stereocenters. The Balaban J connectivity index is 0.978. The van der Waals surface area contributed by atoms with Crippen LogP contribution in [0.15, 0.2) is 48.7 Å². The lowest BCUT2D eigenvalue weighted by Crippen LogP contribution is -2.47. The number of phenolic OH excluding ortho intramolecular Hbond substituents is 2. The Hall–Kier alpha value is -4.54. The van der Waals surface area contributed by atoms with Crippen molar-refractivity contribution in [3.8, 4) is 11.5 Å². The van der Waals surface area contributed by atoms with Crippen LogP contribution in [-0.2, 0) is 9.47 Å². The predicted octanol–water partition coefficient (Wildman–Crippen LogP) is 4.20. The highest BCUT2D eigenvalue weighted by atomic mass is 35.5. The van der Waals surface area contributed by atoms with Crippen LogP contribution in [0.2, 0.25) is 5.02 Å². The monoisotopic (exact) mass is 710 g/mol. The Kier molecular flexibility index (Phi) is 12.6. The third-order valence-corrected chi connectivity index (χ3v) is 8.87. The van der Waals surface area contributed by atoms with Gasteiger partial charge in [-0.15, -0.1) is 0 Å². The lowest BCUT2D eigenvalue weighted by molar-refractivity contribution is 0.0387. The highest BCUT2D eigenvalue weighted by Crippen LogP contribution is 2.29. The van der Waals surface area contributed by atoms with Crippen molar-refractivity contribution >= 4 is 57.2 Å². The number of anilines is 4. The molecule has 2 aromatic carbocycles. The summed E-state index contributed by atoms with van der Waals surface area (Å²) < 4.78 is 11.3. The first-order valence-corrected chi connectivity index (χ1v) is 16.9. The third kappa shape index (κ3) is 10.2. The van der Waals surface area contributed by atoms with Gasteiger partial charge in [-0.25, -0.2) is 15.0 Å². The van der Waals surface area contributed by atoms with E-state index in [0.29, 0.717) is 65.3 Å². The number of nitrogens with zero attached hydrogens (tertiary/aromatic N) is 5. The maximum atomic E-state index is 12.8. The quantitative estimate of drug-likeness (QED) is 0.0881. The third-order valence-electron chi connectivity index (χ3n) is 7.64. The van der Waals surface area contributed by atoms with Crippen molar-refractivity contribution in [2.45, 2.75) is 13.8 Å². The van der Waals surface area contributed by atoms with Gasteiger partial charge in [0.05, 0.1) is 43.3 Å². The van der Waals surface area contributed by atoms with Crippen molar-refractivity contribution in [1.82, 2.24) is 25.2 Å². The molecule has 2 aromatic heterocycles. The fraction of sp³-hybridized carbons (Fsp3) is 0.364. The fourth-order valence-corrected chi connectivity index (χ4v) is 6.00. The van der Waals surface area contributed by atoms with Gasteiger partial charge < -0.3 is 40.5 Å². The molecule has 0 aliphatic carbocycles. The number of nitrogens with one attached hydrogen (secondary N) is 3. The maximum absolute atomic E-state index is 12.8. The van der Waals surface area contributed by atoms with Crippen molar-refractivity contribution in [3.63, 3.8) is 0 Å². The number of hydrogen-bond donors (Lipinski definition) is 5. The number of benzene rings is 2. The SMILES string of the molecule is Cc1nc(Nc2ncc(C(=O)Nc3c(C)cccc3Cl)s2)cc(N2CCN(CCOCCOCCNC(=O)c3ccc(O)c(O)c3)CC2)n1. The number of halogens is 1. The van der Waals surface area contributed by atoms with Crippen LogP contribution in [0, 0.1) is 13.8 Å². The van der Waals surface area contributed by atoms with Crippen molar-refractivity contribution < 1.29 is 29.3 Å². The topological polar surface area (TPSA) is 174 Å². The number of thiazole rings is 1. The van der Waals surface area contributed by atoms with Crippen LogP contribution in [0.25, 0.3) is 0 Å². The molecule has 1 saturated heterocycles. The number of ether oxygens (including phenoxy) is 2. The van der Waals surface area contributed by atoms with Gasteiger partial charge in [0.2, 0.25) is 0 Å². The second-order valence-corrected chi connectivity index (χ2v) is 12.6. The Morgan fingerprint density at radius 1 is 0.939 bits per heavy atom. The Labute approximate surface area is 293 Å². The van der Waals surface area contributed by atoms with Gasteiger partial charge in [0.25, 0.3) is 11.8 Å². The van der Waals surface area contributed by atoms with Gasteiger partial charge in [-0.05, 0) is 43.7 Å². The molecule has 0 bridgehead atoms. The zero-order valence-corrected chi connectivity index (χ0v) is 28.8. The number of para-hydroxylation sites is 1. The summed E-state index contributed by atoms with van der Waals surface area (Å²) in [6.45, 7) is 9.93. The average molecular weight is 711 g/mol. The van der Waals surface area contributed by atoms with E-state index in [4.69, 9.17) is 21.1 Å². The van der Waals surface area contributed by atoms with Gasteiger partial charge >= 0.3 is 0 Å². The number of piperazine rings is 1. The summed E-state index contributed by atoms with van der Waals surface area (Å²) in [6, 6.07) is 11.3. The molecule has 49 heavy (non-hydrogen) atoms. The number of amides is 2. The van der Waals surface area contributed by atoms with Gasteiger partial charge in [0.1, 0.15) is 22.3 Å². The van der Waals surface area contributed by atoms with E-state index in [9.17, 15) is 19.8 Å². The van der Waals surface area contributed by atoms with Crippen molar-refractivity contribution in [3.05, 3.63) is 75.5 Å². The predicted molar refractivity (Wildman–Crippen MR) is 189 cm³/mol. The Bertz CT molecular complexity index is 1730. The molecule has 0 radical (unpaired) electrons. The van der Waals surface area contributed by atoms with Crippen LogP contribution >= 0.6 is 22.9 Å². The van der Waals surface area contributed by atoms with E-state index in [-0.39, 0.29) is 28.9 Å². The number of rotatable bonds is 15. The molecule has 1 fully saturated rings. The standard InChI is InChI=1S/C33H39ClN8O6S/c1-21-4-3-5-24(34)30(21)40-32(46)27-20-36-33(49-27)39-28-19-29(38-22(2)37-28)42-11-9-41(10-12-42)13-15-48-17-16-47-14-8-35-31(45)23-6-7-25(43)26(44)18-23/h3-7,18-20,43-44H,8-17H2,1-2H3,(H,35,45)(H,40,46)(H,36,37,38,39). The van der Waals surface area contributed by atoms with Crippen LogP contribution in [0.1, 0.15) is 31.4 Å². The zero-order valence-electron chi connectivity index (χ0n) is 27.2. The lowest BCUT2D eigenvalue weighted by atomic mass is 10.2. The smallest absolute Gasteiger partial charge is 0.267 e. The molecule has 1 aliphatic rings. The molecule has 0 saturated carbocycles. The molecule has 5 rings (SSSR count). The summed E-state index contributed by atoms with van der Waals surface area (Å²) in [4.78, 5) is 43.5. The van der Waals surface area contributed by atoms with E-state index in [2.05, 4.69) is 40.7 Å². The first-order chi connectivity index (χ1) is 23.7. The minimum atomic E-state index is -0.361. The maximum Gasteiger partial charge on any atom is 0.267 e. The van der Waals surface area contributed by atoms with E-state index in [1.807, 2.05) is 32.0 Å². The van der Waals surface area contributed by atoms with Crippen LogP contribution in [0.4, 0.5) is 22.5 Å². The van der Waals surface area contributed by atoms with E-state index in [0.717, 1.165) is 44.1 Å². The molecule has 4 aromatic rings. The first kappa shape index (κ1) is 35.8. The lowest BCUT2D eigenvalue weighted by Gasteiger charge is -2.35. The van der Waals surface area contributed by atoms with Crippen molar-refractivity contribution in [2.75, 3.05) is 81.2 Å². The molecule has 260 valence electrons. The van der Waals surface area contributed by atoms with E-state index in [1.54, 1.807) is 6.07 Å². The summed E-state index contributed by atoms with van der Waals surface area (Å²) in [7, 11) is 0. The van der Waals surface area contributed by atoms with Gasteiger partial charge in [0, 0.05) is 50.9 Å². The molecule has 0 atom stereocenters. The molecule has 1 aliphatic heterocycles. The summed E-state index contributed by atoms with van der Waals surface area (Å²) in [5.74, 6) is 0.785. The highest BCUT2D eigenvalue weighted by Gasteiger charge is 2.20. The van der Waals surface area contributed by atoms with Crippen LogP contribution in [0.3, 0.4) is 0 Å². The van der Waals surface area contributed by atoms with E-state index in [1.165, 1.54) is 35.7 Å². The number of aryl methyl sites for hydroxylation is 2. The van der Waals surface area contributed by atoms with Crippen molar-refractivity contribution in [2.24, 2.45) is 0 Å². The second-order valence-electron chi connectivity index (χ2n) is 11.2. The summed E-state index contributed by atoms with van der Waals surface area (Å²) in [5.41, 5.74) is 1.71. The van der Waals surface area contributed by atoms with Gasteiger partial charge in [-0.1, -0.05) is 35.1 Å². The summed E-state index contributed by atoms with van der Waals surface area (Å²) in [5, 5.41) is 28.7. The number of hydrogen-bond acceptors (Lipinski definition) is 13. The van der Waals surface area contributed by atoms with Gasteiger partial charge in [-0.2, -0.15) is 0 Å². The number of aromatic nitrogens is 3. The molecule has 2 amide bonds. The molecule has 14 nitrogen and oxygen atoms in total. The minimum Gasteiger partial charge on any atom is -0.504 e. The second kappa shape index (κ2) is 17.2.